The largest absolute Gasteiger partial charge is 0.446 e. The van der Waals surface area contributed by atoms with Gasteiger partial charge < -0.3 is 0 Å². The molecule has 0 unspecified atom stereocenters. The van der Waals surface area contributed by atoms with E-state index in [0.29, 0.717) is 0 Å². The number of hydrogen-bond acceptors (Lipinski definition) is 3. The van der Waals surface area contributed by atoms with Gasteiger partial charge in [0.25, 0.3) is 0 Å². The standard InChI is InChI=1S/C11H8F6OS2/c1-2-6(18)9-7(19-10(12,13)14)4-3-5-8(9)20-11(15,16)17/h3-5H,2H2,1H3. The van der Waals surface area contributed by atoms with Gasteiger partial charge in [-0.15, -0.1) is 0 Å². The molecule has 0 aliphatic carbocycles. The lowest BCUT2D eigenvalue weighted by atomic mass is 10.1. The maximum Gasteiger partial charge on any atom is 0.446 e. The fraction of sp³-hybridized carbons (Fsp3) is 0.364. The zero-order chi connectivity index (χ0) is 15.6. The molecule has 9 heteroatoms. The molecule has 0 aromatic heterocycles. The number of thioether (sulfide) groups is 2. The SMILES string of the molecule is CCC(=O)c1c(SC(F)(F)F)cccc1SC(F)(F)F. The summed E-state index contributed by atoms with van der Waals surface area (Å²) in [5, 5.41) is 0. The van der Waals surface area contributed by atoms with Gasteiger partial charge in [0.2, 0.25) is 0 Å². The van der Waals surface area contributed by atoms with E-state index in [1.54, 1.807) is 0 Å². The van der Waals surface area contributed by atoms with E-state index in [2.05, 4.69) is 0 Å². The van der Waals surface area contributed by atoms with Gasteiger partial charge in [0.05, 0.1) is 0 Å². The molecule has 0 atom stereocenters. The lowest BCUT2D eigenvalue weighted by molar-refractivity contribution is -0.0334. The van der Waals surface area contributed by atoms with Gasteiger partial charge in [-0.1, -0.05) is 13.0 Å². The number of carbonyl (C=O) groups excluding carboxylic acids is 1. The summed E-state index contributed by atoms with van der Waals surface area (Å²) >= 11 is -1.18. The first-order chi connectivity index (χ1) is 9.03. The van der Waals surface area contributed by atoms with Gasteiger partial charge in [0.15, 0.2) is 5.78 Å². The van der Waals surface area contributed by atoms with Crippen molar-refractivity contribution in [3.63, 3.8) is 0 Å². The Kier molecular flexibility index (Phi) is 5.42. The number of ketones is 1. The molecule has 1 nitrogen and oxygen atoms in total. The van der Waals surface area contributed by atoms with Gasteiger partial charge in [-0.05, 0) is 35.7 Å². The van der Waals surface area contributed by atoms with Gasteiger partial charge in [-0.25, -0.2) is 0 Å². The van der Waals surface area contributed by atoms with Crippen molar-refractivity contribution >= 4 is 29.3 Å². The van der Waals surface area contributed by atoms with E-state index < -0.39 is 55.7 Å². The summed E-state index contributed by atoms with van der Waals surface area (Å²) in [6.07, 6.45) is -0.180. The van der Waals surface area contributed by atoms with Crippen LogP contribution in [0.15, 0.2) is 28.0 Å². The monoisotopic (exact) mass is 334 g/mol. The third-order valence-corrected chi connectivity index (χ3v) is 3.62. The molecule has 0 bridgehead atoms. The van der Waals surface area contributed by atoms with Gasteiger partial charge in [-0.2, -0.15) is 26.3 Å². The smallest absolute Gasteiger partial charge is 0.294 e. The van der Waals surface area contributed by atoms with Crippen LogP contribution in [0.25, 0.3) is 0 Å². The minimum atomic E-state index is -4.68. The number of halogens is 6. The molecule has 0 aliphatic heterocycles. The first kappa shape index (κ1) is 17.2. The lowest BCUT2D eigenvalue weighted by Crippen LogP contribution is -2.08. The fourth-order valence-corrected chi connectivity index (χ4v) is 2.89. The molecule has 0 amide bonds. The number of benzene rings is 1. The minimum absolute atomic E-state index is 0.180. The summed E-state index contributed by atoms with van der Waals surface area (Å²) in [6.45, 7) is 1.37. The Morgan fingerprint density at radius 2 is 1.40 bits per heavy atom. The second kappa shape index (κ2) is 6.30. The van der Waals surface area contributed by atoms with Crippen molar-refractivity contribution in [1.82, 2.24) is 0 Å². The summed E-state index contributed by atoms with van der Waals surface area (Å²) < 4.78 is 74.3. The Bertz CT molecular complexity index is 460. The van der Waals surface area contributed by atoms with Crippen LogP contribution >= 0.6 is 23.5 Å². The molecule has 0 aliphatic rings. The summed E-state index contributed by atoms with van der Waals surface area (Å²) in [5.74, 6) is -0.760. The first-order valence-electron chi connectivity index (χ1n) is 5.21. The number of alkyl halides is 6. The molecule has 0 saturated heterocycles. The Morgan fingerprint density at radius 3 is 1.70 bits per heavy atom. The molecule has 0 radical (unpaired) electrons. The summed E-state index contributed by atoms with van der Waals surface area (Å²) in [7, 11) is 0. The van der Waals surface area contributed by atoms with E-state index in [0.717, 1.165) is 18.2 Å². The zero-order valence-electron chi connectivity index (χ0n) is 9.93. The normalized spacial score (nSPS) is 12.6. The lowest BCUT2D eigenvalue weighted by Gasteiger charge is -2.14. The van der Waals surface area contributed by atoms with E-state index in [4.69, 9.17) is 0 Å². The molecule has 0 N–H and O–H groups in total. The highest BCUT2D eigenvalue weighted by molar-refractivity contribution is 8.01. The highest BCUT2D eigenvalue weighted by atomic mass is 32.2. The molecule has 0 spiro atoms. The second-order valence-corrected chi connectivity index (χ2v) is 5.72. The molecular formula is C11H8F6OS2. The summed E-state index contributed by atoms with van der Waals surface area (Å²) in [6, 6.07) is 3.04. The molecule has 1 rings (SSSR count). The highest BCUT2D eigenvalue weighted by Gasteiger charge is 2.35. The van der Waals surface area contributed by atoms with E-state index in [-0.39, 0.29) is 6.42 Å². The van der Waals surface area contributed by atoms with Gasteiger partial charge >= 0.3 is 11.0 Å². The number of Topliss-reactive ketones (excluding diaryl/α,β-unsaturated/α-hetero) is 1. The van der Waals surface area contributed by atoms with Crippen molar-refractivity contribution in [3.05, 3.63) is 23.8 Å². The molecule has 1 aromatic rings. The predicted octanol–water partition coefficient (Wildman–Crippen LogP) is 5.50. The quantitative estimate of drug-likeness (QED) is 0.411. The van der Waals surface area contributed by atoms with Crippen molar-refractivity contribution < 1.29 is 31.1 Å². The molecule has 0 saturated carbocycles. The van der Waals surface area contributed by atoms with Crippen LogP contribution in [0.3, 0.4) is 0 Å². The highest BCUT2D eigenvalue weighted by Crippen LogP contribution is 2.44. The Labute approximate surface area is 119 Å². The number of hydrogen-bond donors (Lipinski definition) is 0. The van der Waals surface area contributed by atoms with Gasteiger partial charge in [-0.3, -0.25) is 4.79 Å². The molecule has 1 aromatic carbocycles. The van der Waals surface area contributed by atoms with Crippen molar-refractivity contribution in [2.75, 3.05) is 0 Å². The average molecular weight is 334 g/mol. The number of carbonyl (C=O) groups is 1. The van der Waals surface area contributed by atoms with Crippen LogP contribution in [0.4, 0.5) is 26.3 Å². The predicted molar refractivity (Wildman–Crippen MR) is 64.9 cm³/mol. The molecule has 0 fully saturated rings. The van der Waals surface area contributed by atoms with Crippen LogP contribution in [0.2, 0.25) is 0 Å². The topological polar surface area (TPSA) is 17.1 Å². The number of rotatable bonds is 4. The minimum Gasteiger partial charge on any atom is -0.294 e. The van der Waals surface area contributed by atoms with Gasteiger partial charge in [0, 0.05) is 21.8 Å². The Hall–Kier alpha value is -0.830. The van der Waals surface area contributed by atoms with Crippen molar-refractivity contribution in [3.8, 4) is 0 Å². The second-order valence-electron chi connectivity index (χ2n) is 3.50. The Morgan fingerprint density at radius 1 is 1.00 bits per heavy atom. The van der Waals surface area contributed by atoms with Crippen LogP contribution in [-0.4, -0.2) is 16.8 Å². The Balaban J connectivity index is 3.31. The van der Waals surface area contributed by atoms with E-state index >= 15 is 0 Å². The van der Waals surface area contributed by atoms with Crippen molar-refractivity contribution in [2.24, 2.45) is 0 Å². The first-order valence-corrected chi connectivity index (χ1v) is 6.84. The molecule has 112 valence electrons. The van der Waals surface area contributed by atoms with Crippen LogP contribution in [-0.2, 0) is 0 Å². The van der Waals surface area contributed by atoms with Crippen LogP contribution < -0.4 is 0 Å². The molecular weight excluding hydrogens is 326 g/mol. The van der Waals surface area contributed by atoms with Gasteiger partial charge in [0.1, 0.15) is 0 Å². The summed E-state index contributed by atoms with van der Waals surface area (Å²) in [4.78, 5) is 10.6. The van der Waals surface area contributed by atoms with Crippen LogP contribution in [0.1, 0.15) is 23.7 Å². The molecule has 20 heavy (non-hydrogen) atoms. The summed E-state index contributed by atoms with van der Waals surface area (Å²) in [5.41, 5.74) is -9.88. The van der Waals surface area contributed by atoms with Crippen molar-refractivity contribution in [1.29, 1.82) is 0 Å². The fourth-order valence-electron chi connectivity index (χ4n) is 1.38. The average Bonchev–Trinajstić information content (AvgIpc) is 2.24. The van der Waals surface area contributed by atoms with E-state index in [9.17, 15) is 31.1 Å². The van der Waals surface area contributed by atoms with Crippen molar-refractivity contribution in [2.45, 2.75) is 34.2 Å². The van der Waals surface area contributed by atoms with Crippen LogP contribution in [0.5, 0.6) is 0 Å². The maximum absolute atomic E-state index is 12.4. The maximum atomic E-state index is 12.4. The van der Waals surface area contributed by atoms with E-state index in [1.807, 2.05) is 0 Å². The van der Waals surface area contributed by atoms with Crippen LogP contribution in [0, 0.1) is 0 Å². The zero-order valence-corrected chi connectivity index (χ0v) is 11.6. The third-order valence-electron chi connectivity index (χ3n) is 2.04. The third kappa shape index (κ3) is 5.28. The van der Waals surface area contributed by atoms with E-state index in [1.165, 1.54) is 6.92 Å². The molecule has 0 heterocycles.